The van der Waals surface area contributed by atoms with Crippen molar-refractivity contribution in [2.75, 3.05) is 0 Å². The van der Waals surface area contributed by atoms with E-state index in [-0.39, 0.29) is 0 Å². The van der Waals surface area contributed by atoms with E-state index in [1.807, 2.05) is 0 Å². The zero-order valence-corrected chi connectivity index (χ0v) is 31.0. The third-order valence-electron chi connectivity index (χ3n) is 12.9. The van der Waals surface area contributed by atoms with Gasteiger partial charge in [-0.3, -0.25) is 0 Å². The van der Waals surface area contributed by atoms with Crippen LogP contribution in [0, 0.1) is 0 Å². The van der Waals surface area contributed by atoms with Gasteiger partial charge in [0.2, 0.25) is 0 Å². The highest BCUT2D eigenvalue weighted by atomic mass is 15.0. The van der Waals surface area contributed by atoms with Gasteiger partial charge in [0.25, 0.3) is 0 Å². The Kier molecular flexibility index (Phi) is 6.13. The van der Waals surface area contributed by atoms with E-state index >= 15 is 0 Å². The van der Waals surface area contributed by atoms with Gasteiger partial charge in [-0.2, -0.15) is 0 Å². The molecule has 0 saturated carbocycles. The Morgan fingerprint density at radius 1 is 0.281 bits per heavy atom. The first-order valence-corrected chi connectivity index (χ1v) is 19.9. The second-order valence-electron chi connectivity index (χ2n) is 15.6. The molecule has 0 unspecified atom stereocenters. The summed E-state index contributed by atoms with van der Waals surface area (Å²) in [4.78, 5) is 0. The Morgan fingerprint density at radius 2 is 0.702 bits per heavy atom. The van der Waals surface area contributed by atoms with Gasteiger partial charge in [0.15, 0.2) is 0 Å². The lowest BCUT2D eigenvalue weighted by Crippen LogP contribution is -2.26. The van der Waals surface area contributed by atoms with Gasteiger partial charge in [0.1, 0.15) is 0 Å². The zero-order valence-electron chi connectivity index (χ0n) is 31.0. The molecule has 2 heterocycles. The summed E-state index contributed by atoms with van der Waals surface area (Å²) in [6.45, 7) is 0. The lowest BCUT2D eigenvalue weighted by molar-refractivity contribution is 0.792. The molecule has 0 saturated heterocycles. The molecule has 2 aliphatic rings. The SMILES string of the molecule is c1ccc(-c2ccc(-n3c4ccccc4c4c5c6ccccc6n(-c6ccc7c(c6)C6(c8ccccc8-c8ccccc86)c6ccccc6-7)c5ccc43)cc2)cc1. The van der Waals surface area contributed by atoms with Crippen LogP contribution in [0.25, 0.3) is 88.4 Å². The van der Waals surface area contributed by atoms with E-state index in [4.69, 9.17) is 0 Å². The third kappa shape index (κ3) is 3.94. The largest absolute Gasteiger partial charge is 0.309 e. The Balaban J connectivity index is 1.08. The van der Waals surface area contributed by atoms with Crippen LogP contribution in [0.4, 0.5) is 0 Å². The lowest BCUT2D eigenvalue weighted by atomic mass is 9.70. The van der Waals surface area contributed by atoms with Crippen molar-refractivity contribution in [2.45, 2.75) is 5.41 Å². The average molecular weight is 723 g/mol. The van der Waals surface area contributed by atoms with Gasteiger partial charge in [0.05, 0.1) is 27.5 Å². The van der Waals surface area contributed by atoms with Crippen LogP contribution in [0.3, 0.4) is 0 Å². The fourth-order valence-corrected chi connectivity index (χ4v) is 10.7. The molecule has 2 heteroatoms. The molecule has 0 amide bonds. The molecule has 0 N–H and O–H groups in total. The second kappa shape index (κ2) is 11.3. The molecule has 2 nitrogen and oxygen atoms in total. The van der Waals surface area contributed by atoms with Gasteiger partial charge in [0, 0.05) is 32.9 Å². The van der Waals surface area contributed by atoms with E-state index in [1.165, 1.54) is 105 Å². The van der Waals surface area contributed by atoms with E-state index in [9.17, 15) is 0 Å². The van der Waals surface area contributed by atoms with Crippen LogP contribution in [0.5, 0.6) is 0 Å². The molecular weight excluding hydrogens is 689 g/mol. The van der Waals surface area contributed by atoms with E-state index in [2.05, 4.69) is 215 Å². The van der Waals surface area contributed by atoms with E-state index in [0.29, 0.717) is 0 Å². The van der Waals surface area contributed by atoms with Crippen LogP contribution >= 0.6 is 0 Å². The van der Waals surface area contributed by atoms with Gasteiger partial charge >= 0.3 is 0 Å². The number of rotatable bonds is 3. The maximum absolute atomic E-state index is 2.51. The van der Waals surface area contributed by atoms with Crippen LogP contribution < -0.4 is 0 Å². The topological polar surface area (TPSA) is 9.86 Å². The molecular formula is C55H34N2. The van der Waals surface area contributed by atoms with Crippen LogP contribution in [0.1, 0.15) is 22.3 Å². The molecule has 0 aliphatic heterocycles. The minimum Gasteiger partial charge on any atom is -0.309 e. The van der Waals surface area contributed by atoms with Gasteiger partial charge in [-0.25, -0.2) is 0 Å². The number of hydrogen-bond acceptors (Lipinski definition) is 0. The maximum atomic E-state index is 2.51. The van der Waals surface area contributed by atoms with Crippen LogP contribution in [-0.2, 0) is 5.41 Å². The Morgan fingerprint density at radius 3 is 1.26 bits per heavy atom. The summed E-state index contributed by atoms with van der Waals surface area (Å²) >= 11 is 0. The normalized spacial score (nSPS) is 13.4. The third-order valence-corrected chi connectivity index (χ3v) is 12.9. The number of hydrogen-bond donors (Lipinski definition) is 0. The fourth-order valence-electron chi connectivity index (χ4n) is 10.7. The molecule has 2 aromatic heterocycles. The number of benzene rings is 9. The lowest BCUT2D eigenvalue weighted by Gasteiger charge is -2.30. The summed E-state index contributed by atoms with van der Waals surface area (Å²) in [7, 11) is 0. The Labute approximate surface area is 330 Å². The number of aromatic nitrogens is 2. The number of para-hydroxylation sites is 2. The smallest absolute Gasteiger partial charge is 0.0726 e. The molecule has 11 aromatic rings. The van der Waals surface area contributed by atoms with Gasteiger partial charge < -0.3 is 9.13 Å². The predicted molar refractivity (Wildman–Crippen MR) is 237 cm³/mol. The van der Waals surface area contributed by atoms with Crippen molar-refractivity contribution in [3.05, 3.63) is 229 Å². The molecule has 0 bridgehead atoms. The van der Waals surface area contributed by atoms with Crippen LogP contribution in [-0.4, -0.2) is 9.13 Å². The molecule has 0 atom stereocenters. The van der Waals surface area contributed by atoms with Crippen molar-refractivity contribution >= 4 is 43.6 Å². The van der Waals surface area contributed by atoms with Crippen LogP contribution in [0.2, 0.25) is 0 Å². The molecule has 264 valence electrons. The van der Waals surface area contributed by atoms with Crippen molar-refractivity contribution in [3.63, 3.8) is 0 Å². The average Bonchev–Trinajstić information content (AvgIpc) is 3.99. The van der Waals surface area contributed by atoms with Crippen molar-refractivity contribution in [1.82, 2.24) is 9.13 Å². The molecule has 1 spiro atoms. The molecule has 0 radical (unpaired) electrons. The molecule has 2 aliphatic carbocycles. The summed E-state index contributed by atoms with van der Waals surface area (Å²) in [6.07, 6.45) is 0. The summed E-state index contributed by atoms with van der Waals surface area (Å²) in [5.41, 5.74) is 19.9. The highest BCUT2D eigenvalue weighted by Gasteiger charge is 2.51. The highest BCUT2D eigenvalue weighted by molar-refractivity contribution is 6.29. The minimum atomic E-state index is -0.398. The van der Waals surface area contributed by atoms with E-state index in [0.717, 1.165) is 5.69 Å². The molecule has 0 fully saturated rings. The first kappa shape index (κ1) is 30.9. The zero-order chi connectivity index (χ0) is 37.2. The standard InChI is InChI=1S/C55H34N2/c1-2-14-35(15-3-1)36-26-28-37(29-27-36)56-49-24-12-7-19-43(49)53-51(56)32-33-52-54(53)44-20-8-13-25-50(44)57(52)38-30-31-42-41-18-6-11-23-47(41)55(48(42)34-38)45-21-9-4-16-39(45)40-17-5-10-22-46(40)55/h1-34H. The summed E-state index contributed by atoms with van der Waals surface area (Å²) < 4.78 is 4.95. The van der Waals surface area contributed by atoms with Crippen molar-refractivity contribution in [2.24, 2.45) is 0 Å². The highest BCUT2D eigenvalue weighted by Crippen LogP contribution is 2.63. The summed E-state index contributed by atoms with van der Waals surface area (Å²) in [6, 6.07) is 76.6. The molecule has 13 rings (SSSR count). The second-order valence-corrected chi connectivity index (χ2v) is 15.6. The minimum absolute atomic E-state index is 0.398. The van der Waals surface area contributed by atoms with Gasteiger partial charge in [-0.1, -0.05) is 158 Å². The monoisotopic (exact) mass is 722 g/mol. The summed E-state index contributed by atoms with van der Waals surface area (Å²) in [5, 5.41) is 5.09. The van der Waals surface area contributed by atoms with Crippen molar-refractivity contribution in [3.8, 4) is 44.8 Å². The van der Waals surface area contributed by atoms with E-state index in [1.54, 1.807) is 0 Å². The van der Waals surface area contributed by atoms with Crippen LogP contribution in [0.15, 0.2) is 206 Å². The molecule has 57 heavy (non-hydrogen) atoms. The Hall–Kier alpha value is -7.42. The maximum Gasteiger partial charge on any atom is 0.0726 e. The van der Waals surface area contributed by atoms with E-state index < -0.39 is 5.41 Å². The van der Waals surface area contributed by atoms with Crippen molar-refractivity contribution < 1.29 is 0 Å². The van der Waals surface area contributed by atoms with Gasteiger partial charge in [-0.15, -0.1) is 0 Å². The quantitative estimate of drug-likeness (QED) is 0.172. The Bertz CT molecular complexity index is 3390. The first-order valence-electron chi connectivity index (χ1n) is 19.9. The van der Waals surface area contributed by atoms with Crippen molar-refractivity contribution in [1.29, 1.82) is 0 Å². The molecule has 9 aromatic carbocycles. The van der Waals surface area contributed by atoms with Gasteiger partial charge in [-0.05, 0) is 104 Å². The number of nitrogens with zero attached hydrogens (tertiary/aromatic N) is 2. The first-order chi connectivity index (χ1) is 28.3. The number of fused-ring (bicyclic) bond motifs is 17. The fraction of sp³-hybridized carbons (Fsp3) is 0.0182. The summed E-state index contributed by atoms with van der Waals surface area (Å²) in [5.74, 6) is 0. The predicted octanol–water partition coefficient (Wildman–Crippen LogP) is 13.9.